The Morgan fingerprint density at radius 2 is 2.05 bits per heavy atom. The smallest absolute Gasteiger partial charge is 0.181 e. The Morgan fingerprint density at radius 3 is 2.86 bits per heavy atom. The van der Waals surface area contributed by atoms with Crippen molar-refractivity contribution in [3.8, 4) is 0 Å². The Kier molecular flexibility index (Phi) is 4.10. The molecule has 4 rings (SSSR count). The number of thiophene rings is 1. The van der Waals surface area contributed by atoms with E-state index in [4.69, 9.17) is 0 Å². The van der Waals surface area contributed by atoms with Gasteiger partial charge in [-0.1, -0.05) is 30.0 Å². The van der Waals surface area contributed by atoms with E-state index in [2.05, 4.69) is 27.1 Å². The summed E-state index contributed by atoms with van der Waals surface area (Å²) in [4.78, 5) is 11.6. The molecule has 4 nitrogen and oxygen atoms in total. The average Bonchev–Trinajstić information content (AvgIpc) is 3.10. The third-order valence-electron chi connectivity index (χ3n) is 3.80. The molecule has 0 amide bonds. The number of aromatic nitrogens is 4. The van der Waals surface area contributed by atoms with Gasteiger partial charge in [-0.15, -0.1) is 21.5 Å². The van der Waals surface area contributed by atoms with Crippen LogP contribution in [-0.4, -0.2) is 26.4 Å². The minimum Gasteiger partial charge on any atom is -0.229 e. The van der Waals surface area contributed by atoms with E-state index < -0.39 is 0 Å². The highest BCUT2D eigenvalue weighted by Crippen LogP contribution is 2.42. The topological polar surface area (TPSA) is 51.6 Å². The van der Waals surface area contributed by atoms with E-state index in [-0.39, 0.29) is 0 Å². The molecule has 0 aromatic carbocycles. The lowest BCUT2D eigenvalue weighted by molar-refractivity contribution is 0.509. The van der Waals surface area contributed by atoms with E-state index in [1.807, 2.05) is 17.6 Å². The highest BCUT2D eigenvalue weighted by Gasteiger charge is 2.23. The van der Waals surface area contributed by atoms with Crippen LogP contribution in [0.3, 0.4) is 0 Å². The number of hydrogen-bond donors (Lipinski definition) is 0. The third kappa shape index (κ3) is 2.66. The van der Waals surface area contributed by atoms with Crippen LogP contribution < -0.4 is 0 Å². The van der Waals surface area contributed by atoms with Gasteiger partial charge in [0.05, 0.1) is 0 Å². The summed E-state index contributed by atoms with van der Waals surface area (Å²) in [6.45, 7) is 2.33. The number of nitrogens with zero attached hydrogens (tertiary/aromatic N) is 4. The van der Waals surface area contributed by atoms with Crippen molar-refractivity contribution >= 4 is 56.4 Å². The van der Waals surface area contributed by atoms with Crippen molar-refractivity contribution < 1.29 is 0 Å². The summed E-state index contributed by atoms with van der Waals surface area (Å²) < 4.78 is 1.95. The minimum absolute atomic E-state index is 0.775. The zero-order chi connectivity index (χ0) is 15.1. The van der Waals surface area contributed by atoms with Crippen molar-refractivity contribution in [1.29, 1.82) is 0 Å². The van der Waals surface area contributed by atoms with Crippen molar-refractivity contribution in [2.75, 3.05) is 6.26 Å². The van der Waals surface area contributed by atoms with Crippen LogP contribution in [0.5, 0.6) is 0 Å². The molecule has 3 aromatic heterocycles. The molecule has 1 aliphatic rings. The van der Waals surface area contributed by atoms with Gasteiger partial charge in [0.15, 0.2) is 8.68 Å². The van der Waals surface area contributed by atoms with Gasteiger partial charge in [-0.25, -0.2) is 9.97 Å². The van der Waals surface area contributed by atoms with Gasteiger partial charge in [-0.2, -0.15) is 0 Å². The zero-order valence-electron chi connectivity index (χ0n) is 12.2. The molecule has 8 heteroatoms. The second kappa shape index (κ2) is 6.07. The summed E-state index contributed by atoms with van der Waals surface area (Å²) in [5.74, 6) is 0.775. The van der Waals surface area contributed by atoms with Gasteiger partial charge in [0, 0.05) is 10.3 Å². The first kappa shape index (κ1) is 14.9. The molecule has 0 saturated heterocycles. The first-order valence-electron chi connectivity index (χ1n) is 7.05. The Balaban J connectivity index is 1.77. The normalized spacial score (nSPS) is 17.8. The van der Waals surface area contributed by atoms with Crippen molar-refractivity contribution in [3.05, 3.63) is 16.8 Å². The second-order valence-corrected chi connectivity index (χ2v) is 9.70. The first-order valence-corrected chi connectivity index (χ1v) is 10.7. The van der Waals surface area contributed by atoms with E-state index >= 15 is 0 Å². The minimum atomic E-state index is 0.775. The summed E-state index contributed by atoms with van der Waals surface area (Å²) in [5.41, 5.74) is 1.47. The lowest BCUT2D eigenvalue weighted by atomic mass is 9.89. The van der Waals surface area contributed by atoms with Gasteiger partial charge < -0.3 is 0 Å². The fraction of sp³-hybridized carbons (Fsp3) is 0.429. The van der Waals surface area contributed by atoms with E-state index in [1.54, 1.807) is 41.2 Å². The maximum Gasteiger partial charge on any atom is 0.181 e. The Labute approximate surface area is 145 Å². The maximum atomic E-state index is 4.53. The SMILES string of the molecule is CSc1nnc(Sc2ncnc3sc4c(c23)CC[C@H](C)C4)s1. The molecule has 3 aromatic rings. The largest absolute Gasteiger partial charge is 0.229 e. The Hall–Kier alpha value is -0.700. The lowest BCUT2D eigenvalue weighted by Crippen LogP contribution is -2.08. The highest BCUT2D eigenvalue weighted by molar-refractivity contribution is 8.03. The van der Waals surface area contributed by atoms with Crippen molar-refractivity contribution in [2.45, 2.75) is 39.9 Å². The van der Waals surface area contributed by atoms with Gasteiger partial charge in [0.1, 0.15) is 16.2 Å². The van der Waals surface area contributed by atoms with Crippen LogP contribution >= 0.6 is 46.2 Å². The molecule has 0 unspecified atom stereocenters. The molecule has 114 valence electrons. The molecule has 0 spiro atoms. The van der Waals surface area contributed by atoms with Crippen LogP contribution in [0.15, 0.2) is 20.0 Å². The molecule has 0 radical (unpaired) electrons. The Bertz CT molecular complexity index is 825. The molecule has 22 heavy (non-hydrogen) atoms. The van der Waals surface area contributed by atoms with Crippen LogP contribution in [0.4, 0.5) is 0 Å². The van der Waals surface area contributed by atoms with Crippen molar-refractivity contribution in [1.82, 2.24) is 20.2 Å². The van der Waals surface area contributed by atoms with E-state index in [1.165, 1.54) is 28.7 Å². The summed E-state index contributed by atoms with van der Waals surface area (Å²) in [6, 6.07) is 0. The quantitative estimate of drug-likeness (QED) is 0.501. The summed E-state index contributed by atoms with van der Waals surface area (Å²) in [6.07, 6.45) is 7.27. The van der Waals surface area contributed by atoms with Crippen molar-refractivity contribution in [2.24, 2.45) is 5.92 Å². The molecule has 0 saturated carbocycles. The van der Waals surface area contributed by atoms with Gasteiger partial charge in [0.2, 0.25) is 0 Å². The van der Waals surface area contributed by atoms with Gasteiger partial charge in [-0.3, -0.25) is 0 Å². The number of fused-ring (bicyclic) bond motifs is 3. The molecule has 0 aliphatic heterocycles. The highest BCUT2D eigenvalue weighted by atomic mass is 32.2. The molecular formula is C14H14N4S4. The molecule has 1 atom stereocenters. The molecule has 3 heterocycles. The lowest BCUT2D eigenvalue weighted by Gasteiger charge is -2.17. The summed E-state index contributed by atoms with van der Waals surface area (Å²) in [5, 5.41) is 10.7. The van der Waals surface area contributed by atoms with Crippen LogP contribution in [0.25, 0.3) is 10.2 Å². The number of hydrogen-bond acceptors (Lipinski definition) is 8. The van der Waals surface area contributed by atoms with Gasteiger partial charge in [0.25, 0.3) is 0 Å². The average molecular weight is 367 g/mol. The number of thioether (sulfide) groups is 1. The van der Waals surface area contributed by atoms with Crippen LogP contribution in [0, 0.1) is 5.92 Å². The maximum absolute atomic E-state index is 4.53. The standard InChI is InChI=1S/C14H14N4S4/c1-7-3-4-8-9(5-7)20-11-10(8)12(16-6-15-11)21-14-18-17-13(19-2)22-14/h6-7H,3-5H2,1-2H3/t7-/m0/s1. The van der Waals surface area contributed by atoms with E-state index in [0.717, 1.165) is 30.9 Å². The van der Waals surface area contributed by atoms with Crippen LogP contribution in [0.1, 0.15) is 23.8 Å². The number of aryl methyl sites for hydroxylation is 1. The first-order chi connectivity index (χ1) is 10.7. The molecular weight excluding hydrogens is 352 g/mol. The number of rotatable bonds is 3. The van der Waals surface area contributed by atoms with Gasteiger partial charge in [-0.05, 0) is 48.8 Å². The van der Waals surface area contributed by atoms with Gasteiger partial charge >= 0.3 is 0 Å². The zero-order valence-corrected chi connectivity index (χ0v) is 15.5. The molecule has 1 aliphatic carbocycles. The fourth-order valence-corrected chi connectivity index (χ4v) is 6.61. The second-order valence-electron chi connectivity index (χ2n) is 5.35. The molecule has 0 N–H and O–H groups in total. The summed E-state index contributed by atoms with van der Waals surface area (Å²) in [7, 11) is 0. The monoisotopic (exact) mass is 366 g/mol. The summed E-state index contributed by atoms with van der Waals surface area (Å²) >= 11 is 6.71. The molecule has 0 fully saturated rings. The van der Waals surface area contributed by atoms with E-state index in [0.29, 0.717) is 0 Å². The van der Waals surface area contributed by atoms with Crippen LogP contribution in [-0.2, 0) is 12.8 Å². The third-order valence-corrected chi connectivity index (χ3v) is 7.92. The fourth-order valence-electron chi connectivity index (χ4n) is 2.73. The predicted molar refractivity (Wildman–Crippen MR) is 94.4 cm³/mol. The molecule has 0 bridgehead atoms. The van der Waals surface area contributed by atoms with E-state index in [9.17, 15) is 0 Å². The predicted octanol–water partition coefficient (Wildman–Crippen LogP) is 4.54. The Morgan fingerprint density at radius 1 is 1.18 bits per heavy atom. The van der Waals surface area contributed by atoms with Crippen molar-refractivity contribution in [3.63, 3.8) is 0 Å². The van der Waals surface area contributed by atoms with Crippen LogP contribution in [0.2, 0.25) is 0 Å².